The fourth-order valence-electron chi connectivity index (χ4n) is 3.27. The van der Waals surface area contributed by atoms with Gasteiger partial charge in [0.2, 0.25) is 5.91 Å². The molecule has 2 heterocycles. The van der Waals surface area contributed by atoms with Crippen LogP contribution >= 0.6 is 0 Å². The van der Waals surface area contributed by atoms with Crippen molar-refractivity contribution in [2.75, 3.05) is 13.1 Å². The lowest BCUT2D eigenvalue weighted by atomic mass is 10.0. The lowest BCUT2D eigenvalue weighted by Crippen LogP contribution is -2.52. The maximum absolute atomic E-state index is 13.2. The number of nitrogens with one attached hydrogen (secondary N) is 2. The highest BCUT2D eigenvalue weighted by atomic mass is 16.2. The number of hydrogen-bond donors (Lipinski definition) is 2. The standard InChI is InChI=1S/C19H17N3O2/c23-18-17(14-5-2-1-3-6-14)22(12-11-21-18)19(24)15-8-4-7-13-9-10-20-16(13)15/h1-10,17,20H,11-12H2,(H,21,23)/t17-/m0/s1. The number of carbonyl (C=O) groups excluding carboxylic acids is 2. The van der Waals surface area contributed by atoms with Crippen molar-refractivity contribution in [3.05, 3.63) is 71.9 Å². The zero-order valence-corrected chi connectivity index (χ0v) is 13.0. The maximum Gasteiger partial charge on any atom is 0.257 e. The third-order valence-electron chi connectivity index (χ3n) is 4.41. The minimum atomic E-state index is -0.599. The Morgan fingerprint density at radius 2 is 1.88 bits per heavy atom. The first-order valence-corrected chi connectivity index (χ1v) is 7.95. The molecular weight excluding hydrogens is 302 g/mol. The highest BCUT2D eigenvalue weighted by molar-refractivity contribution is 6.07. The van der Waals surface area contributed by atoms with E-state index >= 15 is 0 Å². The topological polar surface area (TPSA) is 65.2 Å². The van der Waals surface area contributed by atoms with Gasteiger partial charge >= 0.3 is 0 Å². The van der Waals surface area contributed by atoms with Crippen LogP contribution in [0.15, 0.2) is 60.8 Å². The van der Waals surface area contributed by atoms with Crippen LogP contribution in [0.3, 0.4) is 0 Å². The Labute approximate surface area is 139 Å². The van der Waals surface area contributed by atoms with Crippen LogP contribution in [-0.4, -0.2) is 34.8 Å². The van der Waals surface area contributed by atoms with Crippen molar-refractivity contribution in [1.29, 1.82) is 0 Å². The predicted molar refractivity (Wildman–Crippen MR) is 91.5 cm³/mol. The number of carbonyl (C=O) groups is 2. The number of hydrogen-bond acceptors (Lipinski definition) is 2. The van der Waals surface area contributed by atoms with E-state index < -0.39 is 6.04 Å². The highest BCUT2D eigenvalue weighted by Crippen LogP contribution is 2.27. The summed E-state index contributed by atoms with van der Waals surface area (Å²) in [5, 5.41) is 3.84. The van der Waals surface area contributed by atoms with Gasteiger partial charge in [-0.05, 0) is 17.7 Å². The van der Waals surface area contributed by atoms with E-state index in [-0.39, 0.29) is 11.8 Å². The van der Waals surface area contributed by atoms with Crippen LogP contribution < -0.4 is 5.32 Å². The van der Waals surface area contributed by atoms with Gasteiger partial charge in [0.25, 0.3) is 5.91 Å². The Hall–Kier alpha value is -3.08. The Morgan fingerprint density at radius 1 is 1.04 bits per heavy atom. The summed E-state index contributed by atoms with van der Waals surface area (Å²) in [5.74, 6) is -0.272. The average molecular weight is 319 g/mol. The summed E-state index contributed by atoms with van der Waals surface area (Å²) < 4.78 is 0. The summed E-state index contributed by atoms with van der Waals surface area (Å²) in [4.78, 5) is 30.4. The van der Waals surface area contributed by atoms with Gasteiger partial charge in [0.15, 0.2) is 0 Å². The summed E-state index contributed by atoms with van der Waals surface area (Å²) >= 11 is 0. The van der Waals surface area contributed by atoms with Crippen molar-refractivity contribution in [3.8, 4) is 0 Å². The molecule has 24 heavy (non-hydrogen) atoms. The van der Waals surface area contributed by atoms with Crippen LogP contribution in [0.2, 0.25) is 0 Å². The molecule has 0 unspecified atom stereocenters. The molecule has 0 radical (unpaired) electrons. The third kappa shape index (κ3) is 2.34. The molecule has 120 valence electrons. The van der Waals surface area contributed by atoms with Gasteiger partial charge in [-0.25, -0.2) is 0 Å². The van der Waals surface area contributed by atoms with Gasteiger partial charge in [0.1, 0.15) is 6.04 Å². The molecule has 4 rings (SSSR count). The van der Waals surface area contributed by atoms with Crippen LogP contribution in [0.25, 0.3) is 10.9 Å². The summed E-state index contributed by atoms with van der Waals surface area (Å²) in [5.41, 5.74) is 2.22. The van der Waals surface area contributed by atoms with Gasteiger partial charge in [-0.1, -0.05) is 42.5 Å². The summed E-state index contributed by atoms with van der Waals surface area (Å²) in [6.07, 6.45) is 1.82. The van der Waals surface area contributed by atoms with Crippen molar-refractivity contribution in [3.63, 3.8) is 0 Å². The van der Waals surface area contributed by atoms with Gasteiger partial charge in [0, 0.05) is 24.7 Å². The summed E-state index contributed by atoms with van der Waals surface area (Å²) in [7, 11) is 0. The number of H-pyrrole nitrogens is 1. The van der Waals surface area contributed by atoms with E-state index in [2.05, 4.69) is 10.3 Å². The van der Waals surface area contributed by atoms with Gasteiger partial charge in [-0.15, -0.1) is 0 Å². The number of fused-ring (bicyclic) bond motifs is 1. The Kier molecular flexibility index (Phi) is 3.54. The second-order valence-electron chi connectivity index (χ2n) is 5.85. The first-order valence-electron chi connectivity index (χ1n) is 7.95. The second kappa shape index (κ2) is 5.85. The van der Waals surface area contributed by atoms with Gasteiger partial charge in [-0.3, -0.25) is 9.59 Å². The van der Waals surface area contributed by atoms with E-state index in [4.69, 9.17) is 0 Å². The summed E-state index contributed by atoms with van der Waals surface area (Å²) in [6, 6.07) is 16.4. The first kappa shape index (κ1) is 14.5. The Bertz CT molecular complexity index is 901. The van der Waals surface area contributed by atoms with Crippen LogP contribution in [-0.2, 0) is 4.79 Å². The molecule has 0 spiro atoms. The number of para-hydroxylation sites is 1. The number of amides is 2. The summed E-state index contributed by atoms with van der Waals surface area (Å²) in [6.45, 7) is 0.954. The van der Waals surface area contributed by atoms with Crippen LogP contribution in [0.1, 0.15) is 22.0 Å². The SMILES string of the molecule is O=C1NCCN(C(=O)c2cccc3cc[nH]c23)[C@H]1c1ccccc1. The molecule has 2 aromatic carbocycles. The molecule has 1 aliphatic heterocycles. The molecule has 3 aromatic rings. The molecule has 0 saturated carbocycles. The van der Waals surface area contributed by atoms with Crippen molar-refractivity contribution >= 4 is 22.7 Å². The highest BCUT2D eigenvalue weighted by Gasteiger charge is 2.35. The monoisotopic (exact) mass is 319 g/mol. The van der Waals surface area contributed by atoms with Crippen molar-refractivity contribution in [1.82, 2.24) is 15.2 Å². The number of rotatable bonds is 2. The van der Waals surface area contributed by atoms with E-state index in [0.29, 0.717) is 18.7 Å². The number of aromatic amines is 1. The van der Waals surface area contributed by atoms with Crippen LogP contribution in [0, 0.1) is 0 Å². The lowest BCUT2D eigenvalue weighted by molar-refractivity contribution is -0.128. The van der Waals surface area contributed by atoms with Crippen molar-refractivity contribution in [2.24, 2.45) is 0 Å². The van der Waals surface area contributed by atoms with E-state index in [1.165, 1.54) is 0 Å². The van der Waals surface area contributed by atoms with Gasteiger partial charge in [-0.2, -0.15) is 0 Å². The van der Waals surface area contributed by atoms with Gasteiger partial charge in [0.05, 0.1) is 11.1 Å². The molecule has 0 aliphatic carbocycles. The zero-order chi connectivity index (χ0) is 16.5. The maximum atomic E-state index is 13.2. The van der Waals surface area contributed by atoms with E-state index in [9.17, 15) is 9.59 Å². The number of piperazine rings is 1. The average Bonchev–Trinajstić information content (AvgIpc) is 3.10. The third-order valence-corrected chi connectivity index (χ3v) is 4.41. The number of benzene rings is 2. The molecular formula is C19H17N3O2. The predicted octanol–water partition coefficient (Wildman–Crippen LogP) is 2.48. The molecule has 2 N–H and O–H groups in total. The van der Waals surface area contributed by atoms with E-state index in [0.717, 1.165) is 16.5 Å². The fraction of sp³-hybridized carbons (Fsp3) is 0.158. The second-order valence-corrected chi connectivity index (χ2v) is 5.85. The van der Waals surface area contributed by atoms with Gasteiger partial charge < -0.3 is 15.2 Å². The van der Waals surface area contributed by atoms with Crippen molar-refractivity contribution in [2.45, 2.75) is 6.04 Å². The minimum Gasteiger partial charge on any atom is -0.361 e. The van der Waals surface area contributed by atoms with Crippen LogP contribution in [0.4, 0.5) is 0 Å². The van der Waals surface area contributed by atoms with E-state index in [1.54, 1.807) is 11.0 Å². The molecule has 1 aromatic heterocycles. The smallest absolute Gasteiger partial charge is 0.257 e. The molecule has 2 amide bonds. The molecule has 0 bridgehead atoms. The van der Waals surface area contributed by atoms with Crippen molar-refractivity contribution < 1.29 is 9.59 Å². The van der Waals surface area contributed by atoms with Crippen LogP contribution in [0.5, 0.6) is 0 Å². The number of aromatic nitrogens is 1. The first-order chi connectivity index (χ1) is 11.8. The van der Waals surface area contributed by atoms with E-state index in [1.807, 2.05) is 54.7 Å². The largest absolute Gasteiger partial charge is 0.361 e. The fourth-order valence-corrected chi connectivity index (χ4v) is 3.27. The minimum absolute atomic E-state index is 0.133. The quantitative estimate of drug-likeness (QED) is 0.762. The number of nitrogens with zero attached hydrogens (tertiary/aromatic N) is 1. The molecule has 5 nitrogen and oxygen atoms in total. The molecule has 1 atom stereocenters. The Morgan fingerprint density at radius 3 is 2.71 bits per heavy atom. The molecule has 1 fully saturated rings. The zero-order valence-electron chi connectivity index (χ0n) is 13.0. The lowest BCUT2D eigenvalue weighted by Gasteiger charge is -2.35. The molecule has 1 saturated heterocycles. The Balaban J connectivity index is 1.77. The molecule has 1 aliphatic rings. The molecule has 5 heteroatoms. The normalized spacial score (nSPS) is 17.8.